The van der Waals surface area contributed by atoms with Gasteiger partial charge in [-0.05, 0) is 61.1 Å². The summed E-state index contributed by atoms with van der Waals surface area (Å²) in [6.45, 7) is 6.15. The Bertz CT molecular complexity index is 920. The van der Waals surface area contributed by atoms with E-state index in [1.165, 1.54) is 0 Å². The Morgan fingerprint density at radius 2 is 1.74 bits per heavy atom. The fourth-order valence-electron chi connectivity index (χ4n) is 4.47. The van der Waals surface area contributed by atoms with Gasteiger partial charge in [0, 0.05) is 22.6 Å². The molecule has 1 amide bonds. The van der Waals surface area contributed by atoms with E-state index in [0.717, 1.165) is 24.0 Å². The van der Waals surface area contributed by atoms with Crippen molar-refractivity contribution in [2.45, 2.75) is 70.2 Å². The number of carbonyl (C=O) groups is 1. The maximum absolute atomic E-state index is 13.3. The van der Waals surface area contributed by atoms with Gasteiger partial charge in [0.05, 0.1) is 24.3 Å². The van der Waals surface area contributed by atoms with Crippen molar-refractivity contribution in [2.75, 3.05) is 13.2 Å². The second kappa shape index (κ2) is 14.2. The van der Waals surface area contributed by atoms with E-state index in [1.54, 1.807) is 6.07 Å². The highest BCUT2D eigenvalue weighted by atomic mass is 35.5. The van der Waals surface area contributed by atoms with E-state index in [9.17, 15) is 9.90 Å². The van der Waals surface area contributed by atoms with Crippen LogP contribution in [0.3, 0.4) is 0 Å². The molecule has 0 saturated carbocycles. The lowest BCUT2D eigenvalue weighted by Gasteiger charge is -2.42. The molecule has 2 aromatic rings. The molecule has 194 valence electrons. The zero-order valence-corrected chi connectivity index (χ0v) is 22.3. The highest BCUT2D eigenvalue weighted by Crippen LogP contribution is 2.31. The van der Waals surface area contributed by atoms with E-state index in [1.807, 2.05) is 49.4 Å². The fourth-order valence-corrected chi connectivity index (χ4v) is 4.81. The van der Waals surface area contributed by atoms with Crippen molar-refractivity contribution >= 4 is 29.1 Å². The molecule has 0 spiro atoms. The van der Waals surface area contributed by atoms with Crippen molar-refractivity contribution in [3.05, 3.63) is 69.7 Å². The number of hydrogen-bond acceptors (Lipinski definition) is 5. The molecule has 0 unspecified atom stereocenters. The summed E-state index contributed by atoms with van der Waals surface area (Å²) in [7, 11) is 0. The first-order valence-electron chi connectivity index (χ1n) is 12.2. The molecule has 2 rings (SSSR count). The lowest BCUT2D eigenvalue weighted by molar-refractivity contribution is -0.123. The summed E-state index contributed by atoms with van der Waals surface area (Å²) < 4.78 is 0. The summed E-state index contributed by atoms with van der Waals surface area (Å²) in [5.74, 6) is 0.0181. The number of halogens is 2. The number of benzene rings is 2. The van der Waals surface area contributed by atoms with Gasteiger partial charge in [-0.3, -0.25) is 4.79 Å². The Morgan fingerprint density at radius 3 is 2.31 bits per heavy atom. The number of nitrogens with one attached hydrogen (secondary N) is 2. The Kier molecular flexibility index (Phi) is 12.0. The van der Waals surface area contributed by atoms with Gasteiger partial charge in [0.1, 0.15) is 0 Å². The summed E-state index contributed by atoms with van der Waals surface area (Å²) >= 11 is 12.3. The van der Waals surface area contributed by atoms with E-state index in [4.69, 9.17) is 34.0 Å². The number of hydrogen-bond donors (Lipinski definition) is 5. The summed E-state index contributed by atoms with van der Waals surface area (Å²) in [5.41, 5.74) is 8.07. The van der Waals surface area contributed by atoms with Gasteiger partial charge in [-0.1, -0.05) is 74.2 Å². The van der Waals surface area contributed by atoms with Crippen molar-refractivity contribution in [1.82, 2.24) is 10.6 Å². The molecule has 2 aromatic carbocycles. The van der Waals surface area contributed by atoms with Crippen LogP contribution in [0.25, 0.3) is 0 Å². The lowest BCUT2D eigenvalue weighted by atomic mass is 9.76. The first-order chi connectivity index (χ1) is 16.6. The first kappa shape index (κ1) is 29.6. The topological polar surface area (TPSA) is 108 Å². The van der Waals surface area contributed by atoms with E-state index < -0.39 is 17.7 Å². The van der Waals surface area contributed by atoms with Gasteiger partial charge in [0.2, 0.25) is 5.91 Å². The molecule has 6 nitrogen and oxygen atoms in total. The van der Waals surface area contributed by atoms with E-state index in [2.05, 4.69) is 24.5 Å². The zero-order chi connectivity index (χ0) is 26.0. The number of amides is 1. The van der Waals surface area contributed by atoms with Gasteiger partial charge in [0.15, 0.2) is 0 Å². The van der Waals surface area contributed by atoms with Crippen LogP contribution >= 0.6 is 23.2 Å². The van der Waals surface area contributed by atoms with E-state index in [-0.39, 0.29) is 37.4 Å². The van der Waals surface area contributed by atoms with Gasteiger partial charge in [-0.15, -0.1) is 0 Å². The first-order valence-corrected chi connectivity index (χ1v) is 13.0. The van der Waals surface area contributed by atoms with Crippen molar-refractivity contribution in [2.24, 2.45) is 11.7 Å². The normalized spacial score (nSPS) is 15.9. The van der Waals surface area contributed by atoms with Crippen LogP contribution in [0.1, 0.15) is 51.2 Å². The molecule has 0 saturated heterocycles. The minimum Gasteiger partial charge on any atom is -0.394 e. The van der Waals surface area contributed by atoms with Gasteiger partial charge >= 0.3 is 0 Å². The maximum Gasteiger partial charge on any atom is 0.237 e. The largest absolute Gasteiger partial charge is 0.394 e. The minimum atomic E-state index is -0.871. The molecule has 0 aromatic heterocycles. The molecule has 0 bridgehead atoms. The maximum atomic E-state index is 13.3. The Balaban J connectivity index is 2.37. The summed E-state index contributed by atoms with van der Waals surface area (Å²) in [6, 6.07) is 14.2. The molecule has 0 fully saturated rings. The second-order valence-electron chi connectivity index (χ2n) is 9.31. The third-order valence-corrected chi connectivity index (χ3v) is 7.13. The molecule has 0 heterocycles. The quantitative estimate of drug-likeness (QED) is 0.257. The van der Waals surface area contributed by atoms with Crippen molar-refractivity contribution in [3.63, 3.8) is 0 Å². The molecule has 0 aliphatic heterocycles. The number of rotatable bonds is 14. The van der Waals surface area contributed by atoms with Crippen molar-refractivity contribution in [3.8, 4) is 0 Å². The standard InChI is InChI=1S/C27H39Cl2N3O3/c1-4-19(5-2)25(27(3,30)20-9-11-21(28)12-10-20)32-24(16-18-7-6-8-22(29)15-18)26(35)31-14-13-23(34)17-33/h6-12,15,19,23-25,32-34H,4-5,13-14,16-17,30H2,1-3H3,(H,31,35)/t23-,24+,25-,27+/m0/s1. The highest BCUT2D eigenvalue weighted by Gasteiger charge is 2.38. The van der Waals surface area contributed by atoms with Crippen molar-refractivity contribution < 1.29 is 15.0 Å². The van der Waals surface area contributed by atoms with E-state index >= 15 is 0 Å². The third kappa shape index (κ3) is 8.74. The highest BCUT2D eigenvalue weighted by molar-refractivity contribution is 6.30. The summed E-state index contributed by atoms with van der Waals surface area (Å²) in [4.78, 5) is 13.3. The molecular weight excluding hydrogens is 485 g/mol. The minimum absolute atomic E-state index is 0.196. The monoisotopic (exact) mass is 523 g/mol. The van der Waals surface area contributed by atoms with Crippen LogP contribution in [0.4, 0.5) is 0 Å². The number of carbonyl (C=O) groups excluding carboxylic acids is 1. The summed E-state index contributed by atoms with van der Waals surface area (Å²) in [6.07, 6.45) is 1.60. The molecule has 0 aliphatic rings. The lowest BCUT2D eigenvalue weighted by Crippen LogP contribution is -2.61. The predicted molar refractivity (Wildman–Crippen MR) is 144 cm³/mol. The predicted octanol–water partition coefficient (Wildman–Crippen LogP) is 4.03. The van der Waals surface area contributed by atoms with Crippen LogP contribution in [0.2, 0.25) is 10.0 Å². The molecule has 6 N–H and O–H groups in total. The Hall–Kier alpha value is -1.67. The number of aliphatic hydroxyl groups excluding tert-OH is 2. The molecule has 0 radical (unpaired) electrons. The van der Waals surface area contributed by atoms with E-state index in [0.29, 0.717) is 16.5 Å². The number of aliphatic hydroxyl groups is 2. The average Bonchev–Trinajstić information content (AvgIpc) is 2.83. The molecule has 0 aliphatic carbocycles. The van der Waals surface area contributed by atoms with Crippen molar-refractivity contribution in [1.29, 1.82) is 0 Å². The van der Waals surface area contributed by atoms with Crippen LogP contribution in [0, 0.1) is 5.92 Å². The van der Waals surface area contributed by atoms with Crippen LogP contribution in [0.15, 0.2) is 48.5 Å². The average molecular weight is 525 g/mol. The van der Waals surface area contributed by atoms with Gasteiger partial charge in [-0.25, -0.2) is 0 Å². The van der Waals surface area contributed by atoms with Crippen LogP contribution in [-0.4, -0.2) is 47.5 Å². The fraction of sp³-hybridized carbons (Fsp3) is 0.519. The molecule has 8 heteroatoms. The molecular formula is C27H39Cl2N3O3. The molecule has 4 atom stereocenters. The van der Waals surface area contributed by atoms with Crippen LogP contribution in [-0.2, 0) is 16.8 Å². The zero-order valence-electron chi connectivity index (χ0n) is 20.8. The third-order valence-electron chi connectivity index (χ3n) is 6.65. The molecule has 35 heavy (non-hydrogen) atoms. The second-order valence-corrected chi connectivity index (χ2v) is 10.2. The van der Waals surface area contributed by atoms with Gasteiger partial charge in [0.25, 0.3) is 0 Å². The SMILES string of the molecule is CCC(CC)[C@H](N[C@H](Cc1cccc(Cl)c1)C(=O)NCC[C@H](O)CO)[C@](C)(N)c1ccc(Cl)cc1. The smallest absolute Gasteiger partial charge is 0.237 e. The Morgan fingerprint density at radius 1 is 1.09 bits per heavy atom. The summed E-state index contributed by atoms with van der Waals surface area (Å²) in [5, 5.41) is 26.5. The van der Waals surface area contributed by atoms with Crippen LogP contribution < -0.4 is 16.4 Å². The number of nitrogens with two attached hydrogens (primary N) is 1. The van der Waals surface area contributed by atoms with Gasteiger partial charge in [-0.2, -0.15) is 0 Å². The van der Waals surface area contributed by atoms with Gasteiger partial charge < -0.3 is 26.6 Å². The van der Waals surface area contributed by atoms with Crippen LogP contribution in [0.5, 0.6) is 0 Å². The Labute approximate surface area is 219 Å².